The molecule has 0 spiro atoms. The van der Waals surface area contributed by atoms with E-state index in [1.165, 1.54) is 38.2 Å². The van der Waals surface area contributed by atoms with Crippen molar-refractivity contribution in [2.24, 2.45) is 5.92 Å². The predicted octanol–water partition coefficient (Wildman–Crippen LogP) is 3.46. The molecule has 2 atom stereocenters. The Kier molecular flexibility index (Phi) is 3.52. The first kappa shape index (κ1) is 12.6. The van der Waals surface area contributed by atoms with Crippen LogP contribution < -0.4 is 0 Å². The second-order valence-corrected chi connectivity index (χ2v) is 5.79. The Morgan fingerprint density at radius 3 is 2.89 bits per heavy atom. The number of piperidine rings is 1. The average Bonchev–Trinajstić information content (AvgIpc) is 2.90. The van der Waals surface area contributed by atoms with Gasteiger partial charge in [-0.05, 0) is 50.3 Å². The summed E-state index contributed by atoms with van der Waals surface area (Å²) in [6.45, 7) is 1.78. The van der Waals surface area contributed by atoms with E-state index < -0.39 is 0 Å². The molecule has 0 bridgehead atoms. The third-order valence-corrected chi connectivity index (χ3v) is 4.66. The fourth-order valence-corrected chi connectivity index (χ4v) is 3.72. The fraction of sp³-hybridized carbons (Fsp3) is 0.562. The Balaban J connectivity index is 1.75. The number of likely N-dealkylation sites (tertiary alicyclic amines) is 1. The van der Waals surface area contributed by atoms with E-state index in [2.05, 4.69) is 4.90 Å². The predicted molar refractivity (Wildman–Crippen MR) is 71.9 cm³/mol. The van der Waals surface area contributed by atoms with Gasteiger partial charge in [0.05, 0.1) is 11.6 Å². The lowest BCUT2D eigenvalue weighted by molar-refractivity contribution is 0.104. The average molecular weight is 258 g/mol. The topological polar surface area (TPSA) is 27.0 Å². The summed E-state index contributed by atoms with van der Waals surface area (Å²) in [5.41, 5.74) is 1.13. The molecule has 0 N–H and O–H groups in total. The highest BCUT2D eigenvalue weighted by Crippen LogP contribution is 2.37. The summed E-state index contributed by atoms with van der Waals surface area (Å²) in [4.78, 5) is 2.45. The lowest BCUT2D eigenvalue weighted by atomic mass is 9.91. The third-order valence-electron chi connectivity index (χ3n) is 4.66. The van der Waals surface area contributed by atoms with Gasteiger partial charge in [-0.3, -0.25) is 4.90 Å². The zero-order chi connectivity index (χ0) is 13.2. The van der Waals surface area contributed by atoms with E-state index in [1.54, 1.807) is 12.1 Å². The molecule has 0 radical (unpaired) electrons. The van der Waals surface area contributed by atoms with E-state index in [4.69, 9.17) is 5.26 Å². The summed E-state index contributed by atoms with van der Waals surface area (Å²) >= 11 is 0. The number of rotatable bonds is 2. The SMILES string of the molecule is N#Cc1ccc(CN2CCCC3CCCC32)c(F)c1. The van der Waals surface area contributed by atoms with Gasteiger partial charge >= 0.3 is 0 Å². The van der Waals surface area contributed by atoms with Crippen molar-refractivity contribution >= 4 is 0 Å². The van der Waals surface area contributed by atoms with E-state index >= 15 is 0 Å². The number of halogens is 1. The number of benzene rings is 1. The van der Waals surface area contributed by atoms with Gasteiger partial charge in [-0.1, -0.05) is 12.5 Å². The number of hydrogen-bond donors (Lipinski definition) is 0. The van der Waals surface area contributed by atoms with Gasteiger partial charge in [0, 0.05) is 18.2 Å². The minimum atomic E-state index is -0.237. The van der Waals surface area contributed by atoms with Crippen molar-refractivity contribution in [1.29, 1.82) is 5.26 Å². The maximum atomic E-state index is 14.0. The molecule has 1 saturated heterocycles. The van der Waals surface area contributed by atoms with Crippen molar-refractivity contribution in [3.63, 3.8) is 0 Å². The molecule has 1 aromatic carbocycles. The molecule has 1 saturated carbocycles. The van der Waals surface area contributed by atoms with Crippen LogP contribution in [0.3, 0.4) is 0 Å². The van der Waals surface area contributed by atoms with Gasteiger partial charge in [0.2, 0.25) is 0 Å². The zero-order valence-electron chi connectivity index (χ0n) is 11.1. The van der Waals surface area contributed by atoms with Crippen LogP contribution in [0.1, 0.15) is 43.2 Å². The Labute approximate surface area is 113 Å². The monoisotopic (exact) mass is 258 g/mol. The molecule has 100 valence electrons. The highest BCUT2D eigenvalue weighted by molar-refractivity contribution is 5.32. The Morgan fingerprint density at radius 2 is 2.11 bits per heavy atom. The number of nitrogens with zero attached hydrogens (tertiary/aromatic N) is 2. The third kappa shape index (κ3) is 2.50. The van der Waals surface area contributed by atoms with E-state index in [-0.39, 0.29) is 5.82 Å². The summed E-state index contributed by atoms with van der Waals surface area (Å²) in [7, 11) is 0. The molecule has 2 aliphatic rings. The van der Waals surface area contributed by atoms with Crippen molar-refractivity contribution in [2.75, 3.05) is 6.54 Å². The Hall–Kier alpha value is -1.40. The van der Waals surface area contributed by atoms with Crippen LogP contribution in [0.15, 0.2) is 18.2 Å². The molecular weight excluding hydrogens is 239 g/mol. The standard InChI is InChI=1S/C16H19FN2/c17-15-9-12(10-18)6-7-14(15)11-19-8-2-4-13-3-1-5-16(13)19/h6-7,9,13,16H,1-5,8,11H2. The molecule has 2 unspecified atom stereocenters. The molecule has 3 heteroatoms. The Morgan fingerprint density at radius 1 is 1.26 bits per heavy atom. The minimum Gasteiger partial charge on any atom is -0.296 e. The normalized spacial score (nSPS) is 26.9. The molecule has 19 heavy (non-hydrogen) atoms. The van der Waals surface area contributed by atoms with Crippen molar-refractivity contribution in [3.05, 3.63) is 35.1 Å². The van der Waals surface area contributed by atoms with Gasteiger partial charge in [0.25, 0.3) is 0 Å². The molecule has 3 rings (SSSR count). The highest BCUT2D eigenvalue weighted by Gasteiger charge is 2.34. The summed E-state index contributed by atoms with van der Waals surface area (Å²) in [6.07, 6.45) is 6.51. The van der Waals surface area contributed by atoms with Gasteiger partial charge in [-0.15, -0.1) is 0 Å². The van der Waals surface area contributed by atoms with E-state index in [1.807, 2.05) is 6.07 Å². The van der Waals surface area contributed by atoms with Gasteiger partial charge in [-0.2, -0.15) is 5.26 Å². The summed E-state index contributed by atoms with van der Waals surface area (Å²) in [5, 5.41) is 8.77. The van der Waals surface area contributed by atoms with E-state index in [0.29, 0.717) is 18.2 Å². The zero-order valence-corrected chi connectivity index (χ0v) is 11.1. The molecule has 0 aromatic heterocycles. The number of fused-ring (bicyclic) bond motifs is 1. The largest absolute Gasteiger partial charge is 0.296 e. The molecule has 0 amide bonds. The molecule has 1 aromatic rings. The smallest absolute Gasteiger partial charge is 0.129 e. The lowest BCUT2D eigenvalue weighted by Crippen LogP contribution is -2.42. The first-order valence-corrected chi connectivity index (χ1v) is 7.20. The van der Waals surface area contributed by atoms with Crippen LogP contribution in [0.4, 0.5) is 4.39 Å². The van der Waals surface area contributed by atoms with Crippen LogP contribution in [-0.2, 0) is 6.54 Å². The van der Waals surface area contributed by atoms with Gasteiger partial charge < -0.3 is 0 Å². The Bertz CT molecular complexity index is 506. The summed E-state index contributed by atoms with van der Waals surface area (Å²) in [6, 6.07) is 7.48. The van der Waals surface area contributed by atoms with Crippen LogP contribution in [0.2, 0.25) is 0 Å². The molecule has 1 heterocycles. The fourth-order valence-electron chi connectivity index (χ4n) is 3.72. The van der Waals surface area contributed by atoms with E-state index in [0.717, 1.165) is 18.0 Å². The van der Waals surface area contributed by atoms with Gasteiger partial charge in [-0.25, -0.2) is 4.39 Å². The van der Waals surface area contributed by atoms with Gasteiger partial charge in [0.15, 0.2) is 0 Å². The van der Waals surface area contributed by atoms with Crippen LogP contribution in [0.5, 0.6) is 0 Å². The molecule has 2 fully saturated rings. The minimum absolute atomic E-state index is 0.237. The second-order valence-electron chi connectivity index (χ2n) is 5.79. The second kappa shape index (κ2) is 5.30. The first-order chi connectivity index (χ1) is 9.28. The molecule has 1 aliphatic heterocycles. The quantitative estimate of drug-likeness (QED) is 0.812. The number of hydrogen-bond acceptors (Lipinski definition) is 2. The summed E-state index contributed by atoms with van der Waals surface area (Å²) in [5.74, 6) is 0.592. The van der Waals surface area contributed by atoms with Crippen molar-refractivity contribution < 1.29 is 4.39 Å². The van der Waals surface area contributed by atoms with Gasteiger partial charge in [0.1, 0.15) is 5.82 Å². The summed E-state index contributed by atoms with van der Waals surface area (Å²) < 4.78 is 14.0. The van der Waals surface area contributed by atoms with Crippen LogP contribution in [0.25, 0.3) is 0 Å². The van der Waals surface area contributed by atoms with Crippen molar-refractivity contribution in [2.45, 2.75) is 44.7 Å². The highest BCUT2D eigenvalue weighted by atomic mass is 19.1. The maximum absolute atomic E-state index is 14.0. The molecule has 2 nitrogen and oxygen atoms in total. The molecule has 1 aliphatic carbocycles. The maximum Gasteiger partial charge on any atom is 0.129 e. The first-order valence-electron chi connectivity index (χ1n) is 7.20. The van der Waals surface area contributed by atoms with Crippen LogP contribution >= 0.6 is 0 Å². The lowest BCUT2D eigenvalue weighted by Gasteiger charge is -2.37. The molecular formula is C16H19FN2. The van der Waals surface area contributed by atoms with Crippen LogP contribution in [0, 0.1) is 23.1 Å². The van der Waals surface area contributed by atoms with Crippen molar-refractivity contribution in [1.82, 2.24) is 4.90 Å². The van der Waals surface area contributed by atoms with E-state index in [9.17, 15) is 4.39 Å². The number of nitriles is 1. The van der Waals surface area contributed by atoms with Crippen LogP contribution in [-0.4, -0.2) is 17.5 Å². The van der Waals surface area contributed by atoms with Crippen molar-refractivity contribution in [3.8, 4) is 6.07 Å².